The van der Waals surface area contributed by atoms with Crippen molar-refractivity contribution in [3.05, 3.63) is 53.7 Å². The molecule has 1 amide bonds. The largest absolute Gasteiger partial charge is 0.493 e. The van der Waals surface area contributed by atoms with Crippen molar-refractivity contribution < 1.29 is 19.0 Å². The lowest BCUT2D eigenvalue weighted by Gasteiger charge is -2.12. The Bertz CT molecular complexity index is 893. The van der Waals surface area contributed by atoms with Crippen molar-refractivity contribution in [1.82, 2.24) is 10.3 Å². The number of hydrogen-bond donors (Lipinski definition) is 2. The number of benzene rings is 2. The molecule has 0 bridgehead atoms. The second kappa shape index (κ2) is 8.49. The molecule has 0 fully saturated rings. The van der Waals surface area contributed by atoms with Crippen molar-refractivity contribution in [2.24, 2.45) is 0 Å². The summed E-state index contributed by atoms with van der Waals surface area (Å²) < 4.78 is 16.2. The standard InChI is InChI=1S/C19H20N2O4.ClH/c1-23-16-10-14-13(17(24-2)18(16)25-3)9-15(21-14)19(22)20-11-12-7-5-4-6-8-12;/h4-10,21H,11H2,1-3H3,(H,20,22);1H. The Kier molecular flexibility index (Phi) is 6.36. The molecule has 0 radical (unpaired) electrons. The third-order valence-corrected chi connectivity index (χ3v) is 3.97. The highest BCUT2D eigenvalue weighted by Gasteiger charge is 2.19. The minimum Gasteiger partial charge on any atom is -0.493 e. The molecule has 0 aliphatic rings. The maximum atomic E-state index is 12.5. The summed E-state index contributed by atoms with van der Waals surface area (Å²) in [5.41, 5.74) is 2.21. The Balaban J connectivity index is 0.00000243. The molecule has 1 heterocycles. The van der Waals surface area contributed by atoms with Gasteiger partial charge in [0, 0.05) is 18.0 Å². The lowest BCUT2D eigenvalue weighted by atomic mass is 10.2. The number of nitrogens with one attached hydrogen (secondary N) is 2. The number of aromatic nitrogens is 1. The first-order valence-electron chi connectivity index (χ1n) is 7.81. The molecule has 0 spiro atoms. The quantitative estimate of drug-likeness (QED) is 0.690. The van der Waals surface area contributed by atoms with Crippen molar-refractivity contribution in [1.29, 1.82) is 0 Å². The predicted molar refractivity (Wildman–Crippen MR) is 103 cm³/mol. The Morgan fingerprint density at radius 1 is 1.00 bits per heavy atom. The van der Waals surface area contributed by atoms with Gasteiger partial charge in [0.25, 0.3) is 5.91 Å². The molecular formula is C19H21ClN2O4. The van der Waals surface area contributed by atoms with Crippen LogP contribution in [-0.2, 0) is 6.54 Å². The molecule has 0 saturated heterocycles. The van der Waals surface area contributed by atoms with E-state index in [1.54, 1.807) is 33.5 Å². The number of carbonyl (C=O) groups is 1. The van der Waals surface area contributed by atoms with Crippen molar-refractivity contribution in [2.75, 3.05) is 21.3 Å². The molecule has 138 valence electrons. The van der Waals surface area contributed by atoms with Crippen LogP contribution in [0.2, 0.25) is 0 Å². The molecule has 0 atom stereocenters. The van der Waals surface area contributed by atoms with Crippen molar-refractivity contribution >= 4 is 29.2 Å². The number of rotatable bonds is 6. The summed E-state index contributed by atoms with van der Waals surface area (Å²) in [5.74, 6) is 1.35. The summed E-state index contributed by atoms with van der Waals surface area (Å²) >= 11 is 0. The first-order valence-corrected chi connectivity index (χ1v) is 7.81. The number of hydrogen-bond acceptors (Lipinski definition) is 4. The summed E-state index contributed by atoms with van der Waals surface area (Å²) in [6, 6.07) is 13.3. The van der Waals surface area contributed by atoms with Crippen molar-refractivity contribution in [3.8, 4) is 17.2 Å². The van der Waals surface area contributed by atoms with Gasteiger partial charge >= 0.3 is 0 Å². The number of H-pyrrole nitrogens is 1. The lowest BCUT2D eigenvalue weighted by Crippen LogP contribution is -2.22. The molecule has 7 heteroatoms. The van der Waals surface area contributed by atoms with E-state index in [1.165, 1.54) is 0 Å². The molecule has 26 heavy (non-hydrogen) atoms. The molecule has 2 N–H and O–H groups in total. The first kappa shape index (κ1) is 19.5. The van der Waals surface area contributed by atoms with Crippen LogP contribution in [0.1, 0.15) is 16.1 Å². The van der Waals surface area contributed by atoms with Gasteiger partial charge in [0.2, 0.25) is 5.75 Å². The molecule has 0 aliphatic heterocycles. The van der Waals surface area contributed by atoms with Gasteiger partial charge < -0.3 is 24.5 Å². The maximum Gasteiger partial charge on any atom is 0.267 e. The highest BCUT2D eigenvalue weighted by atomic mass is 35.5. The zero-order valence-corrected chi connectivity index (χ0v) is 15.6. The van der Waals surface area contributed by atoms with Crippen molar-refractivity contribution in [2.45, 2.75) is 6.54 Å². The fourth-order valence-corrected chi connectivity index (χ4v) is 2.75. The molecular weight excluding hydrogens is 356 g/mol. The van der Waals surface area contributed by atoms with Gasteiger partial charge in [0.05, 0.1) is 26.8 Å². The first-order chi connectivity index (χ1) is 12.2. The van der Waals surface area contributed by atoms with Crippen LogP contribution in [-0.4, -0.2) is 32.2 Å². The average molecular weight is 377 g/mol. The van der Waals surface area contributed by atoms with Crippen LogP contribution in [0, 0.1) is 0 Å². The molecule has 1 aromatic heterocycles. The number of halogens is 1. The maximum absolute atomic E-state index is 12.5. The van der Waals surface area contributed by atoms with Crippen LogP contribution < -0.4 is 19.5 Å². The Morgan fingerprint density at radius 3 is 2.31 bits per heavy atom. The summed E-state index contributed by atoms with van der Waals surface area (Å²) in [5, 5.41) is 3.65. The number of fused-ring (bicyclic) bond motifs is 1. The van der Waals surface area contributed by atoms with Gasteiger partial charge in [-0.15, -0.1) is 12.4 Å². The van der Waals surface area contributed by atoms with E-state index in [-0.39, 0.29) is 18.3 Å². The average Bonchev–Trinajstić information content (AvgIpc) is 3.09. The molecule has 0 unspecified atom stereocenters. The zero-order valence-electron chi connectivity index (χ0n) is 14.8. The van der Waals surface area contributed by atoms with Crippen LogP contribution >= 0.6 is 12.4 Å². The van der Waals surface area contributed by atoms with Crippen LogP contribution in [0.4, 0.5) is 0 Å². The van der Waals surface area contributed by atoms with Gasteiger partial charge in [-0.05, 0) is 11.6 Å². The van der Waals surface area contributed by atoms with Gasteiger partial charge in [-0.25, -0.2) is 0 Å². The molecule has 2 aromatic carbocycles. The summed E-state index contributed by atoms with van der Waals surface area (Å²) in [6.07, 6.45) is 0. The topological polar surface area (TPSA) is 72.6 Å². The van der Waals surface area contributed by atoms with Gasteiger partial charge in [-0.2, -0.15) is 0 Å². The van der Waals surface area contributed by atoms with Gasteiger partial charge in [-0.3, -0.25) is 4.79 Å². The van der Waals surface area contributed by atoms with E-state index in [1.807, 2.05) is 30.3 Å². The van der Waals surface area contributed by atoms with E-state index >= 15 is 0 Å². The van der Waals surface area contributed by atoms with E-state index in [4.69, 9.17) is 14.2 Å². The lowest BCUT2D eigenvalue weighted by molar-refractivity contribution is 0.0946. The highest BCUT2D eigenvalue weighted by Crippen LogP contribution is 2.43. The van der Waals surface area contributed by atoms with Gasteiger partial charge in [0.1, 0.15) is 5.69 Å². The number of amides is 1. The van der Waals surface area contributed by atoms with E-state index in [2.05, 4.69) is 10.3 Å². The Hall–Kier alpha value is -2.86. The Labute approximate surface area is 157 Å². The van der Waals surface area contributed by atoms with E-state index < -0.39 is 0 Å². The predicted octanol–water partition coefficient (Wildman–Crippen LogP) is 3.55. The molecule has 3 rings (SSSR count). The van der Waals surface area contributed by atoms with Crippen molar-refractivity contribution in [3.63, 3.8) is 0 Å². The summed E-state index contributed by atoms with van der Waals surface area (Å²) in [6.45, 7) is 0.457. The molecule has 6 nitrogen and oxygen atoms in total. The smallest absolute Gasteiger partial charge is 0.267 e. The SMILES string of the molecule is COc1cc2[nH]c(C(=O)NCc3ccccc3)cc2c(OC)c1OC.Cl. The second-order valence-corrected chi connectivity index (χ2v) is 5.46. The van der Waals surface area contributed by atoms with Gasteiger partial charge in [-0.1, -0.05) is 30.3 Å². The monoisotopic (exact) mass is 376 g/mol. The highest BCUT2D eigenvalue weighted by molar-refractivity contribution is 6.01. The third-order valence-electron chi connectivity index (χ3n) is 3.97. The molecule has 3 aromatic rings. The minimum atomic E-state index is -0.194. The number of aromatic amines is 1. The second-order valence-electron chi connectivity index (χ2n) is 5.46. The van der Waals surface area contributed by atoms with Crippen LogP contribution in [0.15, 0.2) is 42.5 Å². The number of ether oxygens (including phenoxy) is 3. The van der Waals surface area contributed by atoms with Crippen LogP contribution in [0.5, 0.6) is 17.2 Å². The number of carbonyl (C=O) groups excluding carboxylic acids is 1. The fourth-order valence-electron chi connectivity index (χ4n) is 2.75. The Morgan fingerprint density at radius 2 is 1.69 bits per heavy atom. The molecule has 0 saturated carbocycles. The normalized spacial score (nSPS) is 10.1. The zero-order chi connectivity index (χ0) is 17.8. The van der Waals surface area contributed by atoms with Crippen LogP contribution in [0.3, 0.4) is 0 Å². The molecule has 0 aliphatic carbocycles. The van der Waals surface area contributed by atoms with Crippen LogP contribution in [0.25, 0.3) is 10.9 Å². The summed E-state index contributed by atoms with van der Waals surface area (Å²) in [7, 11) is 4.66. The fraction of sp³-hybridized carbons (Fsp3) is 0.211. The van der Waals surface area contributed by atoms with E-state index in [0.29, 0.717) is 29.5 Å². The van der Waals surface area contributed by atoms with E-state index in [0.717, 1.165) is 16.5 Å². The third kappa shape index (κ3) is 3.70. The summed E-state index contributed by atoms with van der Waals surface area (Å²) in [4.78, 5) is 15.6. The number of methoxy groups -OCH3 is 3. The van der Waals surface area contributed by atoms with E-state index in [9.17, 15) is 4.79 Å². The minimum absolute atomic E-state index is 0. The van der Waals surface area contributed by atoms with Gasteiger partial charge in [0.15, 0.2) is 11.5 Å².